The Kier molecular flexibility index (Phi) is 2.63. The van der Waals surface area contributed by atoms with Gasteiger partial charge in [0.2, 0.25) is 0 Å². The minimum Gasteiger partial charge on any atom is -0.259 e. The maximum atomic E-state index is 11.8. The van der Waals surface area contributed by atoms with Crippen LogP contribution in [0, 0.1) is 0 Å². The fourth-order valence-corrected chi connectivity index (χ4v) is 2.40. The highest BCUT2D eigenvalue weighted by atomic mass is 35.5. The number of alkyl halides is 3. The third-order valence-corrected chi connectivity index (χ3v) is 4.02. The summed E-state index contributed by atoms with van der Waals surface area (Å²) in [7, 11) is -1.09. The Morgan fingerprint density at radius 3 is 2.30 bits per heavy atom. The molecule has 0 aliphatic carbocycles. The molecular weight excluding hydrogens is 182 g/mol. The van der Waals surface area contributed by atoms with Gasteiger partial charge in [-0.3, -0.25) is 4.21 Å². The Balaban J connectivity index is 2.41. The second-order valence-corrected chi connectivity index (χ2v) is 4.47. The summed E-state index contributed by atoms with van der Waals surface area (Å²) in [6, 6.07) is 0. The lowest BCUT2D eigenvalue weighted by Gasteiger charge is -2.28. The summed E-state index contributed by atoms with van der Waals surface area (Å²) in [5.74, 6) is 0.528. The predicted molar refractivity (Wildman–Crippen MR) is 37.1 cm³/mol. The maximum Gasteiger partial charge on any atom is 0.255 e. The van der Waals surface area contributed by atoms with Gasteiger partial charge < -0.3 is 0 Å². The Hall–Kier alpha value is 0.300. The van der Waals surface area contributed by atoms with E-state index in [-0.39, 0.29) is 0 Å². The van der Waals surface area contributed by atoms with Crippen LogP contribution in [0.15, 0.2) is 0 Å². The summed E-state index contributed by atoms with van der Waals surface area (Å²) in [5, 5.41) is -1.68. The Morgan fingerprint density at radius 1 is 1.60 bits per heavy atom. The lowest BCUT2D eigenvalue weighted by atomic mass is 10.2. The highest BCUT2D eigenvalue weighted by Gasteiger charge is 2.37. The number of hydrogen-bond acceptors (Lipinski definition) is 1. The third-order valence-electron chi connectivity index (χ3n) is 1.54. The summed E-state index contributed by atoms with van der Waals surface area (Å²) >= 11 is 5.27. The molecule has 60 valence electrons. The van der Waals surface area contributed by atoms with Gasteiger partial charge in [0, 0.05) is 16.6 Å². The van der Waals surface area contributed by atoms with Gasteiger partial charge in [0.05, 0.1) is 5.25 Å². The van der Waals surface area contributed by atoms with Crippen LogP contribution >= 0.6 is 11.6 Å². The van der Waals surface area contributed by atoms with E-state index in [0.717, 1.165) is 0 Å². The van der Waals surface area contributed by atoms with Crippen molar-refractivity contribution in [3.63, 3.8) is 0 Å². The molecule has 5 heteroatoms. The van der Waals surface area contributed by atoms with E-state index in [4.69, 9.17) is 11.6 Å². The van der Waals surface area contributed by atoms with Gasteiger partial charge in [0.25, 0.3) is 6.43 Å². The second kappa shape index (κ2) is 3.13. The van der Waals surface area contributed by atoms with Crippen molar-refractivity contribution in [3.8, 4) is 0 Å². The van der Waals surface area contributed by atoms with E-state index < -0.39 is 27.9 Å². The van der Waals surface area contributed by atoms with Gasteiger partial charge in [-0.15, -0.1) is 11.6 Å². The zero-order chi connectivity index (χ0) is 7.72. The van der Waals surface area contributed by atoms with E-state index in [1.54, 1.807) is 0 Å². The third kappa shape index (κ3) is 1.48. The van der Waals surface area contributed by atoms with Gasteiger partial charge in [0.15, 0.2) is 0 Å². The number of rotatable bonds is 2. The summed E-state index contributed by atoms with van der Waals surface area (Å²) in [6.45, 7) is 0. The first-order valence-electron chi connectivity index (χ1n) is 2.92. The molecule has 0 bridgehead atoms. The van der Waals surface area contributed by atoms with Crippen LogP contribution in [0.5, 0.6) is 0 Å². The van der Waals surface area contributed by atoms with Crippen molar-refractivity contribution >= 4 is 22.4 Å². The minimum atomic E-state index is -2.55. The molecule has 1 aliphatic rings. The summed E-state index contributed by atoms with van der Waals surface area (Å²) in [5.41, 5.74) is 0. The average Bonchev–Trinajstić information content (AvgIpc) is 1.84. The standard InChI is InChI=1S/C5H7ClF2OS/c6-4(5(7)8)3-1-2-10(3)9/h3-5H,1-2H2. The zero-order valence-corrected chi connectivity index (χ0v) is 6.67. The van der Waals surface area contributed by atoms with Gasteiger partial charge in [-0.1, -0.05) is 0 Å². The Bertz CT molecular complexity index is 153. The first-order valence-corrected chi connectivity index (χ1v) is 4.74. The van der Waals surface area contributed by atoms with Gasteiger partial charge in [-0.2, -0.15) is 0 Å². The SMILES string of the molecule is O=S1CCC1C(Cl)C(F)F. The van der Waals surface area contributed by atoms with Crippen molar-refractivity contribution in [2.45, 2.75) is 23.5 Å². The van der Waals surface area contributed by atoms with Crippen molar-refractivity contribution in [1.82, 2.24) is 0 Å². The molecule has 0 aromatic carbocycles. The molecule has 0 aromatic rings. The van der Waals surface area contributed by atoms with Crippen molar-refractivity contribution in [2.75, 3.05) is 5.75 Å². The molecule has 3 atom stereocenters. The molecule has 0 spiro atoms. The van der Waals surface area contributed by atoms with Crippen LogP contribution in [0.2, 0.25) is 0 Å². The van der Waals surface area contributed by atoms with Crippen molar-refractivity contribution in [3.05, 3.63) is 0 Å². The van der Waals surface area contributed by atoms with Crippen LogP contribution in [-0.4, -0.2) is 27.0 Å². The summed E-state index contributed by atoms with van der Waals surface area (Å²) in [4.78, 5) is 0. The second-order valence-electron chi connectivity index (χ2n) is 2.19. The largest absolute Gasteiger partial charge is 0.259 e. The molecule has 1 fully saturated rings. The minimum absolute atomic E-state index is 0.471. The Labute approximate surface area is 65.2 Å². The van der Waals surface area contributed by atoms with E-state index in [1.165, 1.54) is 0 Å². The first-order chi connectivity index (χ1) is 4.63. The zero-order valence-electron chi connectivity index (χ0n) is 5.10. The summed E-state index contributed by atoms with van der Waals surface area (Å²) < 4.78 is 34.3. The van der Waals surface area contributed by atoms with Crippen molar-refractivity contribution in [2.24, 2.45) is 0 Å². The van der Waals surface area contributed by atoms with Crippen LogP contribution in [0.25, 0.3) is 0 Å². The first kappa shape index (κ1) is 8.40. The molecule has 1 nitrogen and oxygen atoms in total. The Morgan fingerprint density at radius 2 is 2.20 bits per heavy atom. The quantitative estimate of drug-likeness (QED) is 0.599. The van der Waals surface area contributed by atoms with Crippen molar-refractivity contribution < 1.29 is 13.0 Å². The predicted octanol–water partition coefficient (Wildman–Crippen LogP) is 1.38. The topological polar surface area (TPSA) is 17.1 Å². The molecule has 1 aliphatic heterocycles. The molecular formula is C5H7ClF2OS. The van der Waals surface area contributed by atoms with E-state index in [2.05, 4.69) is 0 Å². The monoisotopic (exact) mass is 188 g/mol. The maximum absolute atomic E-state index is 11.8. The molecule has 0 N–H and O–H groups in total. The van der Waals surface area contributed by atoms with E-state index >= 15 is 0 Å². The highest BCUT2D eigenvalue weighted by Crippen LogP contribution is 2.27. The van der Waals surface area contributed by atoms with E-state index in [1.807, 2.05) is 0 Å². The number of hydrogen-bond donors (Lipinski definition) is 0. The fraction of sp³-hybridized carbons (Fsp3) is 1.00. The van der Waals surface area contributed by atoms with Crippen LogP contribution in [0.3, 0.4) is 0 Å². The summed E-state index contributed by atoms with van der Waals surface area (Å²) in [6.07, 6.45) is -1.97. The van der Waals surface area contributed by atoms with E-state index in [0.29, 0.717) is 12.2 Å². The molecule has 1 heterocycles. The number of halogens is 3. The lowest BCUT2D eigenvalue weighted by molar-refractivity contribution is 0.139. The van der Waals surface area contributed by atoms with E-state index in [9.17, 15) is 13.0 Å². The van der Waals surface area contributed by atoms with Crippen molar-refractivity contribution in [1.29, 1.82) is 0 Å². The van der Waals surface area contributed by atoms with Gasteiger partial charge in [-0.25, -0.2) is 8.78 Å². The smallest absolute Gasteiger partial charge is 0.255 e. The van der Waals surface area contributed by atoms with Crippen LogP contribution in [-0.2, 0) is 10.8 Å². The van der Waals surface area contributed by atoms with Crippen LogP contribution < -0.4 is 0 Å². The molecule has 0 saturated carbocycles. The van der Waals surface area contributed by atoms with Crippen LogP contribution in [0.4, 0.5) is 8.78 Å². The highest BCUT2D eigenvalue weighted by molar-refractivity contribution is 7.87. The van der Waals surface area contributed by atoms with Gasteiger partial charge >= 0.3 is 0 Å². The molecule has 0 radical (unpaired) electrons. The normalized spacial score (nSPS) is 35.6. The molecule has 3 unspecified atom stereocenters. The lowest BCUT2D eigenvalue weighted by Crippen LogP contribution is -2.41. The van der Waals surface area contributed by atoms with Gasteiger partial charge in [-0.05, 0) is 6.42 Å². The molecule has 0 amide bonds. The molecule has 1 rings (SSSR count). The van der Waals surface area contributed by atoms with Gasteiger partial charge in [0.1, 0.15) is 5.38 Å². The molecule has 1 saturated heterocycles. The fourth-order valence-electron chi connectivity index (χ4n) is 0.817. The molecule has 10 heavy (non-hydrogen) atoms. The van der Waals surface area contributed by atoms with Crippen LogP contribution in [0.1, 0.15) is 6.42 Å². The average molecular weight is 189 g/mol. The molecule has 0 aromatic heterocycles.